The summed E-state index contributed by atoms with van der Waals surface area (Å²) in [6.07, 6.45) is 3.34. The van der Waals surface area contributed by atoms with Crippen molar-refractivity contribution in [2.45, 2.75) is 38.4 Å². The summed E-state index contributed by atoms with van der Waals surface area (Å²) in [5, 5.41) is 7.55. The number of aromatic nitrogens is 2. The van der Waals surface area contributed by atoms with Crippen molar-refractivity contribution < 1.29 is 4.42 Å². The molecule has 4 heteroatoms. The van der Waals surface area contributed by atoms with Crippen LogP contribution < -0.4 is 0 Å². The molecule has 0 fully saturated rings. The van der Waals surface area contributed by atoms with Gasteiger partial charge in [0, 0.05) is 12.2 Å². The average molecular weight is 276 g/mol. The lowest BCUT2D eigenvalue weighted by Gasteiger charge is -2.07. The molecule has 0 saturated carbocycles. The van der Waals surface area contributed by atoms with E-state index in [-0.39, 0.29) is 0 Å². The van der Waals surface area contributed by atoms with Gasteiger partial charge in [0.1, 0.15) is 0 Å². The maximum absolute atomic E-state index is 5.11. The number of rotatable bonds is 7. The molecule has 19 heavy (non-hydrogen) atoms. The summed E-state index contributed by atoms with van der Waals surface area (Å²) in [5.41, 5.74) is 2.83. The summed E-state index contributed by atoms with van der Waals surface area (Å²) in [6.45, 7) is 4.47. The van der Waals surface area contributed by atoms with Crippen LogP contribution in [0.2, 0.25) is 0 Å². The molecule has 1 heterocycles. The van der Waals surface area contributed by atoms with Gasteiger partial charge < -0.3 is 4.42 Å². The van der Waals surface area contributed by atoms with Gasteiger partial charge in [0.25, 0.3) is 0 Å². The third-order valence-corrected chi connectivity index (χ3v) is 4.09. The molecule has 2 rings (SSSR count). The number of aryl methyl sites for hydroxylation is 1. The van der Waals surface area contributed by atoms with Crippen molar-refractivity contribution in [3.8, 4) is 0 Å². The second kappa shape index (κ2) is 7.34. The monoisotopic (exact) mass is 276 g/mol. The van der Waals surface area contributed by atoms with Gasteiger partial charge in [0.05, 0.1) is 0 Å². The van der Waals surface area contributed by atoms with Crippen LogP contribution in [0.1, 0.15) is 43.2 Å². The Labute approximate surface area is 118 Å². The Hall–Kier alpha value is -1.29. The van der Waals surface area contributed by atoms with Crippen LogP contribution in [0, 0.1) is 0 Å². The third kappa shape index (κ3) is 4.71. The minimum Gasteiger partial charge on any atom is -0.428 e. The molecule has 0 spiro atoms. The summed E-state index contributed by atoms with van der Waals surface area (Å²) in [5.74, 6) is 3.53. The van der Waals surface area contributed by atoms with Crippen molar-refractivity contribution in [2.75, 3.05) is 5.75 Å². The summed E-state index contributed by atoms with van der Waals surface area (Å²) < 4.78 is 5.11. The van der Waals surface area contributed by atoms with Gasteiger partial charge in [-0.15, -0.1) is 10.2 Å². The quantitative estimate of drug-likeness (QED) is 0.715. The van der Waals surface area contributed by atoms with E-state index in [2.05, 4.69) is 48.3 Å². The first-order chi connectivity index (χ1) is 9.25. The summed E-state index contributed by atoms with van der Waals surface area (Å²) in [6, 6.07) is 8.88. The number of nitrogens with zero attached hydrogens (tertiary/aromatic N) is 2. The molecule has 1 aromatic carbocycles. The summed E-state index contributed by atoms with van der Waals surface area (Å²) in [7, 11) is 0. The van der Waals surface area contributed by atoms with E-state index in [0.29, 0.717) is 5.92 Å². The van der Waals surface area contributed by atoms with Gasteiger partial charge in [-0.3, -0.25) is 0 Å². The van der Waals surface area contributed by atoms with E-state index >= 15 is 0 Å². The van der Waals surface area contributed by atoms with Crippen molar-refractivity contribution in [1.29, 1.82) is 0 Å². The Bertz CT molecular complexity index is 483. The Kier molecular flexibility index (Phi) is 5.45. The molecule has 2 aromatic rings. The molecule has 3 nitrogen and oxygen atoms in total. The predicted molar refractivity (Wildman–Crippen MR) is 79.3 cm³/mol. The van der Waals surface area contributed by atoms with Crippen molar-refractivity contribution in [2.24, 2.45) is 0 Å². The molecular weight excluding hydrogens is 256 g/mol. The van der Waals surface area contributed by atoms with Gasteiger partial charge in [0.2, 0.25) is 12.3 Å². The first-order valence-electron chi connectivity index (χ1n) is 6.67. The van der Waals surface area contributed by atoms with Crippen molar-refractivity contribution in [3.05, 3.63) is 47.7 Å². The lowest BCUT2D eigenvalue weighted by atomic mass is 10.0. The fraction of sp³-hybridized carbons (Fsp3) is 0.467. The molecule has 102 valence electrons. The fourth-order valence-corrected chi connectivity index (χ4v) is 2.77. The van der Waals surface area contributed by atoms with Crippen LogP contribution in [-0.2, 0) is 12.2 Å². The molecule has 1 aromatic heterocycles. The number of thioether (sulfide) groups is 1. The topological polar surface area (TPSA) is 38.9 Å². The second-order valence-corrected chi connectivity index (χ2v) is 5.99. The highest BCUT2D eigenvalue weighted by Crippen LogP contribution is 2.19. The normalized spacial score (nSPS) is 11.1. The van der Waals surface area contributed by atoms with Crippen LogP contribution in [0.4, 0.5) is 0 Å². The first-order valence-corrected chi connectivity index (χ1v) is 7.83. The van der Waals surface area contributed by atoms with Gasteiger partial charge in [-0.05, 0) is 29.2 Å². The zero-order valence-electron chi connectivity index (χ0n) is 11.5. The molecular formula is C15H20N2OS. The van der Waals surface area contributed by atoms with Gasteiger partial charge in [-0.25, -0.2) is 0 Å². The number of hydrogen-bond acceptors (Lipinski definition) is 4. The largest absolute Gasteiger partial charge is 0.428 e. The van der Waals surface area contributed by atoms with E-state index < -0.39 is 0 Å². The van der Waals surface area contributed by atoms with Crippen LogP contribution in [0.3, 0.4) is 0 Å². The Morgan fingerprint density at radius 2 is 2.21 bits per heavy atom. The molecule has 0 N–H and O–H groups in total. The molecule has 0 radical (unpaired) electrons. The average Bonchev–Trinajstić information content (AvgIpc) is 2.92. The van der Waals surface area contributed by atoms with Gasteiger partial charge in [0.15, 0.2) is 0 Å². The highest BCUT2D eigenvalue weighted by molar-refractivity contribution is 7.98. The standard InChI is InChI=1S/C15H20N2OS/c1-12(2)14-6-3-5-13(9-14)10-19-8-4-7-15-17-16-11-18-15/h3,5-6,9,11-12H,4,7-8,10H2,1-2H3. The van der Waals surface area contributed by atoms with Crippen molar-refractivity contribution in [1.82, 2.24) is 10.2 Å². The molecule has 0 saturated heterocycles. The SMILES string of the molecule is CC(C)c1cccc(CSCCCc2nnco2)c1. The minimum absolute atomic E-state index is 0.600. The third-order valence-electron chi connectivity index (χ3n) is 2.97. The van der Waals surface area contributed by atoms with Gasteiger partial charge in [-0.2, -0.15) is 11.8 Å². The van der Waals surface area contributed by atoms with Crippen molar-refractivity contribution in [3.63, 3.8) is 0 Å². The van der Waals surface area contributed by atoms with E-state index in [9.17, 15) is 0 Å². The Morgan fingerprint density at radius 3 is 2.95 bits per heavy atom. The molecule has 0 unspecified atom stereocenters. The van der Waals surface area contributed by atoms with E-state index in [1.165, 1.54) is 17.5 Å². The minimum atomic E-state index is 0.600. The van der Waals surface area contributed by atoms with Gasteiger partial charge in [-0.1, -0.05) is 38.1 Å². The van der Waals surface area contributed by atoms with Gasteiger partial charge >= 0.3 is 0 Å². The molecule has 0 aliphatic heterocycles. The first kappa shape index (κ1) is 14.1. The van der Waals surface area contributed by atoms with Crippen molar-refractivity contribution >= 4 is 11.8 Å². The van der Waals surface area contributed by atoms with E-state index in [1.807, 2.05) is 11.8 Å². The predicted octanol–water partition coefficient (Wildman–Crippen LogP) is 4.06. The number of benzene rings is 1. The maximum Gasteiger partial charge on any atom is 0.216 e. The fourth-order valence-electron chi connectivity index (χ4n) is 1.86. The van der Waals surface area contributed by atoms with Crippen LogP contribution in [0.25, 0.3) is 0 Å². The zero-order valence-corrected chi connectivity index (χ0v) is 12.3. The summed E-state index contributed by atoms with van der Waals surface area (Å²) >= 11 is 1.96. The highest BCUT2D eigenvalue weighted by Gasteiger charge is 2.01. The molecule has 0 atom stereocenters. The van der Waals surface area contributed by atoms with Crippen LogP contribution in [-0.4, -0.2) is 16.0 Å². The lowest BCUT2D eigenvalue weighted by molar-refractivity contribution is 0.490. The lowest BCUT2D eigenvalue weighted by Crippen LogP contribution is -1.91. The van der Waals surface area contributed by atoms with Crippen LogP contribution in [0.15, 0.2) is 35.1 Å². The second-order valence-electron chi connectivity index (χ2n) is 4.89. The van der Waals surface area contributed by atoms with E-state index in [1.54, 1.807) is 0 Å². The molecule has 0 amide bonds. The van der Waals surface area contributed by atoms with E-state index in [4.69, 9.17) is 4.42 Å². The molecule has 0 bridgehead atoms. The zero-order chi connectivity index (χ0) is 13.5. The highest BCUT2D eigenvalue weighted by atomic mass is 32.2. The smallest absolute Gasteiger partial charge is 0.216 e. The summed E-state index contributed by atoms with van der Waals surface area (Å²) in [4.78, 5) is 0. The molecule has 0 aliphatic carbocycles. The number of hydrogen-bond donors (Lipinski definition) is 0. The Balaban J connectivity index is 1.69. The van der Waals surface area contributed by atoms with E-state index in [0.717, 1.165) is 30.2 Å². The maximum atomic E-state index is 5.11. The molecule has 0 aliphatic rings. The van der Waals surface area contributed by atoms with Crippen LogP contribution >= 0.6 is 11.8 Å². The Morgan fingerprint density at radius 1 is 1.32 bits per heavy atom. The van der Waals surface area contributed by atoms with Crippen LogP contribution in [0.5, 0.6) is 0 Å².